The number of hydrogen-bond acceptors (Lipinski definition) is 2. The summed E-state index contributed by atoms with van der Waals surface area (Å²) in [5.74, 6) is 1.82. The fourth-order valence-corrected chi connectivity index (χ4v) is 3.11. The molecule has 0 spiro atoms. The highest BCUT2D eigenvalue weighted by atomic mass is 15.2. The van der Waals surface area contributed by atoms with Gasteiger partial charge >= 0.3 is 0 Å². The zero-order chi connectivity index (χ0) is 13.2. The second kappa shape index (κ2) is 5.24. The van der Waals surface area contributed by atoms with Gasteiger partial charge < -0.3 is 9.80 Å². The first-order valence-electron chi connectivity index (χ1n) is 7.39. The van der Waals surface area contributed by atoms with Gasteiger partial charge in [-0.05, 0) is 31.4 Å². The van der Waals surface area contributed by atoms with Gasteiger partial charge in [-0.1, -0.05) is 19.1 Å². The maximum Gasteiger partial charge on any atom is 0.108 e. The Hall–Kier alpha value is -1.51. The van der Waals surface area contributed by atoms with Crippen LogP contribution in [0.4, 0.5) is 11.4 Å². The van der Waals surface area contributed by atoms with E-state index >= 15 is 0 Å². The molecule has 1 atom stereocenters. The van der Waals surface area contributed by atoms with Crippen LogP contribution in [-0.4, -0.2) is 37.4 Å². The third kappa shape index (κ3) is 2.46. The molecule has 2 aliphatic heterocycles. The van der Waals surface area contributed by atoms with Crippen LogP contribution in [0.25, 0.3) is 0 Å². The first kappa shape index (κ1) is 12.5. The lowest BCUT2D eigenvalue weighted by molar-refractivity contribution is 0.547. The Balaban J connectivity index is 1.94. The fourth-order valence-electron chi connectivity index (χ4n) is 3.11. The van der Waals surface area contributed by atoms with E-state index in [9.17, 15) is 0 Å². The van der Waals surface area contributed by atoms with Gasteiger partial charge in [-0.2, -0.15) is 0 Å². The normalized spacial score (nSPS) is 25.6. The number of aliphatic imine (C=N–C) groups is 1. The third-order valence-electron chi connectivity index (χ3n) is 4.29. The van der Waals surface area contributed by atoms with Crippen molar-refractivity contribution in [2.45, 2.75) is 26.2 Å². The van der Waals surface area contributed by atoms with Gasteiger partial charge in [0.05, 0.1) is 11.4 Å². The average Bonchev–Trinajstić information content (AvgIpc) is 3.05. The number of anilines is 1. The summed E-state index contributed by atoms with van der Waals surface area (Å²) < 4.78 is 0. The van der Waals surface area contributed by atoms with Crippen molar-refractivity contribution < 1.29 is 0 Å². The number of para-hydroxylation sites is 2. The third-order valence-corrected chi connectivity index (χ3v) is 4.29. The highest BCUT2D eigenvalue weighted by molar-refractivity contribution is 5.90. The number of nitrogens with zero attached hydrogens (tertiary/aromatic N) is 3. The van der Waals surface area contributed by atoms with E-state index < -0.39 is 0 Å². The standard InChI is InChI=1S/C16H23N3/c1-13-9-12-18(2)16(13)17-14-7-3-4-8-15(14)19-10-5-6-11-19/h3-4,7-8,13H,5-6,9-12H2,1-2H3. The molecule has 1 unspecified atom stereocenters. The molecule has 2 aliphatic rings. The number of hydrogen-bond donors (Lipinski definition) is 0. The number of rotatable bonds is 2. The van der Waals surface area contributed by atoms with Crippen molar-refractivity contribution in [3.63, 3.8) is 0 Å². The smallest absolute Gasteiger partial charge is 0.108 e. The lowest BCUT2D eigenvalue weighted by Crippen LogP contribution is -2.22. The summed E-state index contributed by atoms with van der Waals surface area (Å²) in [7, 11) is 2.15. The van der Waals surface area contributed by atoms with Crippen LogP contribution in [0.2, 0.25) is 0 Å². The van der Waals surface area contributed by atoms with E-state index in [1.165, 1.54) is 43.9 Å². The molecular weight excluding hydrogens is 234 g/mol. The van der Waals surface area contributed by atoms with Gasteiger partial charge in [0.2, 0.25) is 0 Å². The molecule has 1 aromatic rings. The predicted octanol–water partition coefficient (Wildman–Crippen LogP) is 3.29. The van der Waals surface area contributed by atoms with E-state index in [0.717, 1.165) is 12.2 Å². The number of likely N-dealkylation sites (tertiary alicyclic amines) is 1. The molecule has 2 fully saturated rings. The molecule has 3 nitrogen and oxygen atoms in total. The van der Waals surface area contributed by atoms with Crippen LogP contribution < -0.4 is 4.90 Å². The van der Waals surface area contributed by atoms with Gasteiger partial charge in [0.1, 0.15) is 5.84 Å². The molecule has 0 radical (unpaired) electrons. The minimum Gasteiger partial charge on any atom is -0.370 e. The number of amidine groups is 1. The molecule has 2 heterocycles. The van der Waals surface area contributed by atoms with Gasteiger partial charge in [-0.3, -0.25) is 0 Å². The molecule has 0 aliphatic carbocycles. The lowest BCUT2D eigenvalue weighted by Gasteiger charge is -2.21. The molecule has 2 saturated heterocycles. The van der Waals surface area contributed by atoms with E-state index in [-0.39, 0.29) is 0 Å². The minimum atomic E-state index is 0.580. The Morgan fingerprint density at radius 2 is 1.84 bits per heavy atom. The summed E-state index contributed by atoms with van der Waals surface area (Å²) in [6, 6.07) is 8.58. The molecule has 102 valence electrons. The molecule has 19 heavy (non-hydrogen) atoms. The average molecular weight is 257 g/mol. The quantitative estimate of drug-likeness (QED) is 0.809. The Bertz CT molecular complexity index is 463. The zero-order valence-electron chi connectivity index (χ0n) is 12.0. The largest absolute Gasteiger partial charge is 0.370 e. The van der Waals surface area contributed by atoms with Crippen molar-refractivity contribution in [1.82, 2.24) is 4.90 Å². The van der Waals surface area contributed by atoms with Crippen molar-refractivity contribution in [3.05, 3.63) is 24.3 Å². The molecule has 3 rings (SSSR count). The molecule has 0 amide bonds. The Kier molecular flexibility index (Phi) is 3.45. The fraction of sp³-hybridized carbons (Fsp3) is 0.562. The lowest BCUT2D eigenvalue weighted by atomic mass is 10.1. The van der Waals surface area contributed by atoms with Gasteiger partial charge in [0.25, 0.3) is 0 Å². The molecule has 3 heteroatoms. The maximum atomic E-state index is 4.97. The zero-order valence-corrected chi connectivity index (χ0v) is 12.0. The summed E-state index contributed by atoms with van der Waals surface area (Å²) in [5.41, 5.74) is 2.44. The van der Waals surface area contributed by atoms with Crippen LogP contribution in [0.3, 0.4) is 0 Å². The van der Waals surface area contributed by atoms with Crippen LogP contribution in [-0.2, 0) is 0 Å². The Labute approximate surface area is 115 Å². The van der Waals surface area contributed by atoms with Gasteiger partial charge in [-0.15, -0.1) is 0 Å². The van der Waals surface area contributed by atoms with Crippen LogP contribution in [0.15, 0.2) is 29.3 Å². The highest BCUT2D eigenvalue weighted by Gasteiger charge is 2.23. The van der Waals surface area contributed by atoms with Crippen LogP contribution in [0, 0.1) is 5.92 Å². The second-order valence-corrected chi connectivity index (χ2v) is 5.76. The summed E-state index contributed by atoms with van der Waals surface area (Å²) in [6.07, 6.45) is 3.84. The SMILES string of the molecule is CC1CCN(C)C1=Nc1ccccc1N1CCCC1. The van der Waals surface area contributed by atoms with Gasteiger partial charge in [-0.25, -0.2) is 4.99 Å². The maximum absolute atomic E-state index is 4.97. The topological polar surface area (TPSA) is 18.8 Å². The molecule has 0 saturated carbocycles. The van der Waals surface area contributed by atoms with E-state index in [4.69, 9.17) is 4.99 Å². The highest BCUT2D eigenvalue weighted by Crippen LogP contribution is 2.32. The van der Waals surface area contributed by atoms with Gasteiger partial charge in [0.15, 0.2) is 0 Å². The van der Waals surface area contributed by atoms with E-state index in [0.29, 0.717) is 5.92 Å². The second-order valence-electron chi connectivity index (χ2n) is 5.76. The van der Waals surface area contributed by atoms with Crippen LogP contribution in [0.1, 0.15) is 26.2 Å². The molecule has 1 aromatic carbocycles. The summed E-state index contributed by atoms with van der Waals surface area (Å²) in [5, 5.41) is 0. The monoisotopic (exact) mass is 257 g/mol. The summed E-state index contributed by atoms with van der Waals surface area (Å²) in [6.45, 7) is 5.76. The first-order chi connectivity index (χ1) is 9.25. The molecule has 0 aromatic heterocycles. The van der Waals surface area contributed by atoms with Crippen molar-refractivity contribution in [1.29, 1.82) is 0 Å². The van der Waals surface area contributed by atoms with Crippen molar-refractivity contribution in [2.75, 3.05) is 31.6 Å². The first-order valence-corrected chi connectivity index (χ1v) is 7.39. The Morgan fingerprint density at radius 3 is 2.53 bits per heavy atom. The van der Waals surface area contributed by atoms with E-state index in [1.54, 1.807) is 0 Å². The Morgan fingerprint density at radius 1 is 1.11 bits per heavy atom. The van der Waals surface area contributed by atoms with E-state index in [2.05, 4.69) is 48.0 Å². The minimum absolute atomic E-state index is 0.580. The summed E-state index contributed by atoms with van der Waals surface area (Å²) >= 11 is 0. The molecular formula is C16H23N3. The van der Waals surface area contributed by atoms with Crippen molar-refractivity contribution >= 4 is 17.2 Å². The summed E-state index contributed by atoms with van der Waals surface area (Å²) in [4.78, 5) is 9.73. The van der Waals surface area contributed by atoms with Crippen molar-refractivity contribution in [3.8, 4) is 0 Å². The predicted molar refractivity (Wildman–Crippen MR) is 81.4 cm³/mol. The molecule has 0 N–H and O–H groups in total. The van der Waals surface area contributed by atoms with Gasteiger partial charge in [0, 0.05) is 32.6 Å². The van der Waals surface area contributed by atoms with Crippen LogP contribution in [0.5, 0.6) is 0 Å². The van der Waals surface area contributed by atoms with E-state index in [1.807, 2.05) is 0 Å². The van der Waals surface area contributed by atoms with Crippen molar-refractivity contribution in [2.24, 2.45) is 10.9 Å². The van der Waals surface area contributed by atoms with Crippen LogP contribution >= 0.6 is 0 Å². The number of benzene rings is 1. The molecule has 0 bridgehead atoms.